The Morgan fingerprint density at radius 2 is 1.97 bits per heavy atom. The van der Waals surface area contributed by atoms with E-state index in [2.05, 4.69) is 9.88 Å². The minimum atomic E-state index is -4.39. The van der Waals surface area contributed by atoms with E-state index < -0.39 is 11.7 Å². The molecule has 0 saturated carbocycles. The molecular formula is C23H19F3N4O3. The lowest BCUT2D eigenvalue weighted by Crippen LogP contribution is -2.52. The summed E-state index contributed by atoms with van der Waals surface area (Å²) in [5.41, 5.74) is 0.953. The third-order valence-corrected chi connectivity index (χ3v) is 6.15. The molecule has 1 aromatic carbocycles. The molecule has 0 spiro atoms. The molecule has 1 saturated heterocycles. The smallest absolute Gasteiger partial charge is 0.416 e. The Balaban J connectivity index is 1.42. The van der Waals surface area contributed by atoms with Gasteiger partial charge in [-0.25, -0.2) is 4.98 Å². The fourth-order valence-corrected chi connectivity index (χ4v) is 4.49. The van der Waals surface area contributed by atoms with Crippen LogP contribution in [0.4, 0.5) is 18.9 Å². The van der Waals surface area contributed by atoms with E-state index in [0.29, 0.717) is 41.9 Å². The van der Waals surface area contributed by atoms with E-state index in [1.807, 2.05) is 6.07 Å². The number of hydrogen-bond donors (Lipinski definition) is 0. The zero-order valence-corrected chi connectivity index (χ0v) is 17.6. The van der Waals surface area contributed by atoms with Crippen molar-refractivity contribution in [3.8, 4) is 17.6 Å². The van der Waals surface area contributed by atoms with Gasteiger partial charge in [0, 0.05) is 26.4 Å². The van der Waals surface area contributed by atoms with Gasteiger partial charge in [-0.1, -0.05) is 0 Å². The number of rotatable bonds is 2. The second kappa shape index (κ2) is 7.69. The number of piperidine rings is 1. The minimum Gasteiger partial charge on any atom is -0.490 e. The van der Waals surface area contributed by atoms with Crippen molar-refractivity contribution < 1.29 is 22.6 Å². The summed E-state index contributed by atoms with van der Waals surface area (Å²) in [4.78, 5) is 19.4. The van der Waals surface area contributed by atoms with Crippen LogP contribution in [0.1, 0.15) is 24.1 Å². The van der Waals surface area contributed by atoms with Gasteiger partial charge in [-0.3, -0.25) is 4.79 Å². The quantitative estimate of drug-likeness (QED) is 0.586. The molecule has 1 fully saturated rings. The Kier molecular flexibility index (Phi) is 4.92. The van der Waals surface area contributed by atoms with Crippen LogP contribution in [0, 0.1) is 11.3 Å². The molecular weight excluding hydrogens is 437 g/mol. The second-order valence-corrected chi connectivity index (χ2v) is 8.16. The van der Waals surface area contributed by atoms with Crippen molar-refractivity contribution in [1.29, 1.82) is 5.26 Å². The van der Waals surface area contributed by atoms with Crippen LogP contribution in [0.3, 0.4) is 0 Å². The zero-order chi connectivity index (χ0) is 23.3. The largest absolute Gasteiger partial charge is 0.490 e. The summed E-state index contributed by atoms with van der Waals surface area (Å²) >= 11 is 0. The van der Waals surface area contributed by atoms with Gasteiger partial charge in [0.05, 0.1) is 17.1 Å². The lowest BCUT2D eigenvalue weighted by atomic mass is 9.97. The molecule has 2 aliphatic rings. The molecule has 3 aromatic rings. The fourth-order valence-electron chi connectivity index (χ4n) is 4.49. The Labute approximate surface area is 186 Å². The Morgan fingerprint density at radius 1 is 1.21 bits per heavy atom. The molecule has 2 aliphatic heterocycles. The SMILES string of the molecule is Cn1c(=O)c2c(c3nc(C#N)ccc31)N1CC[C@@H](Oc3ccc(C(F)(F)F)cc3)C[C@H]1CO2. The Morgan fingerprint density at radius 3 is 2.67 bits per heavy atom. The van der Waals surface area contributed by atoms with Gasteiger partial charge in [-0.2, -0.15) is 18.4 Å². The number of benzene rings is 1. The highest BCUT2D eigenvalue weighted by molar-refractivity contribution is 5.93. The van der Waals surface area contributed by atoms with Crippen LogP contribution >= 0.6 is 0 Å². The topological polar surface area (TPSA) is 80.4 Å². The molecule has 5 rings (SSSR count). The van der Waals surface area contributed by atoms with Crippen molar-refractivity contribution in [2.24, 2.45) is 7.05 Å². The van der Waals surface area contributed by atoms with E-state index in [4.69, 9.17) is 9.47 Å². The highest BCUT2D eigenvalue weighted by atomic mass is 19.4. The van der Waals surface area contributed by atoms with E-state index in [9.17, 15) is 23.2 Å². The Hall–Kier alpha value is -3.74. The first-order valence-corrected chi connectivity index (χ1v) is 10.4. The van der Waals surface area contributed by atoms with E-state index >= 15 is 0 Å². The number of halogens is 3. The summed E-state index contributed by atoms with van der Waals surface area (Å²) in [6.45, 7) is 0.825. The number of nitriles is 1. The number of ether oxygens (including phenoxy) is 2. The van der Waals surface area contributed by atoms with E-state index in [1.54, 1.807) is 19.2 Å². The predicted molar refractivity (Wildman–Crippen MR) is 113 cm³/mol. The molecule has 4 heterocycles. The van der Waals surface area contributed by atoms with E-state index in [-0.39, 0.29) is 35.8 Å². The maximum absolute atomic E-state index is 12.9. The number of hydrogen-bond acceptors (Lipinski definition) is 6. The summed E-state index contributed by atoms with van der Waals surface area (Å²) < 4.78 is 51.6. The van der Waals surface area contributed by atoms with Gasteiger partial charge < -0.3 is 18.9 Å². The van der Waals surface area contributed by atoms with Gasteiger partial charge in [0.25, 0.3) is 5.56 Å². The number of pyridine rings is 2. The summed E-state index contributed by atoms with van der Waals surface area (Å²) in [5, 5.41) is 9.29. The molecule has 7 nitrogen and oxygen atoms in total. The predicted octanol–water partition coefficient (Wildman–Crippen LogP) is 3.63. The number of alkyl halides is 3. The van der Waals surface area contributed by atoms with Crippen LogP contribution in [0.5, 0.6) is 11.5 Å². The third kappa shape index (κ3) is 3.63. The molecule has 0 bridgehead atoms. The molecule has 10 heteroatoms. The molecule has 0 amide bonds. The van der Waals surface area contributed by atoms with Crippen molar-refractivity contribution in [3.63, 3.8) is 0 Å². The van der Waals surface area contributed by atoms with Crippen molar-refractivity contribution >= 4 is 16.7 Å². The highest BCUT2D eigenvalue weighted by Crippen LogP contribution is 2.40. The molecule has 2 atom stereocenters. The van der Waals surface area contributed by atoms with Crippen LogP contribution in [-0.2, 0) is 13.2 Å². The first kappa shape index (κ1) is 21.1. The summed E-state index contributed by atoms with van der Waals surface area (Å²) in [6, 6.07) is 9.86. The molecule has 0 N–H and O–H groups in total. The van der Waals surface area contributed by atoms with Gasteiger partial charge in [-0.05, 0) is 36.4 Å². The van der Waals surface area contributed by atoms with Gasteiger partial charge in [-0.15, -0.1) is 0 Å². The first-order chi connectivity index (χ1) is 15.8. The maximum Gasteiger partial charge on any atom is 0.416 e. The van der Waals surface area contributed by atoms with Gasteiger partial charge >= 0.3 is 6.18 Å². The first-order valence-electron chi connectivity index (χ1n) is 10.4. The van der Waals surface area contributed by atoms with Gasteiger partial charge in [0.15, 0.2) is 0 Å². The minimum absolute atomic E-state index is 0.103. The lowest BCUT2D eigenvalue weighted by molar-refractivity contribution is -0.137. The molecule has 170 valence electrons. The average molecular weight is 456 g/mol. The normalized spacial score (nSPS) is 19.9. The number of nitrogens with zero attached hydrogens (tertiary/aromatic N) is 4. The zero-order valence-electron chi connectivity index (χ0n) is 17.6. The van der Waals surface area contributed by atoms with E-state index in [0.717, 1.165) is 12.1 Å². The monoisotopic (exact) mass is 456 g/mol. The van der Waals surface area contributed by atoms with Crippen molar-refractivity contribution in [3.05, 3.63) is 58.0 Å². The van der Waals surface area contributed by atoms with Crippen LogP contribution in [0.2, 0.25) is 0 Å². The van der Waals surface area contributed by atoms with E-state index in [1.165, 1.54) is 16.7 Å². The molecule has 0 aliphatic carbocycles. The van der Waals surface area contributed by atoms with Gasteiger partial charge in [0.1, 0.15) is 41.4 Å². The van der Waals surface area contributed by atoms with Crippen LogP contribution in [-0.4, -0.2) is 34.8 Å². The number of aromatic nitrogens is 2. The fraction of sp³-hybridized carbons (Fsp3) is 0.348. The Bertz CT molecular complexity index is 1330. The summed E-state index contributed by atoms with van der Waals surface area (Å²) in [6.07, 6.45) is -3.44. The highest BCUT2D eigenvalue weighted by Gasteiger charge is 2.38. The van der Waals surface area contributed by atoms with Crippen molar-refractivity contribution in [1.82, 2.24) is 9.55 Å². The molecule has 33 heavy (non-hydrogen) atoms. The number of fused-ring (bicyclic) bond motifs is 5. The lowest BCUT2D eigenvalue weighted by Gasteiger charge is -2.44. The number of anilines is 1. The third-order valence-electron chi connectivity index (χ3n) is 6.15. The van der Waals surface area contributed by atoms with Crippen molar-refractivity contribution in [2.75, 3.05) is 18.1 Å². The molecule has 0 radical (unpaired) electrons. The standard InChI is InChI=1S/C23H19F3N4O3/c1-29-18-7-4-14(11-27)28-19(18)20-21(22(29)31)32-12-15-10-17(8-9-30(15)20)33-16-5-2-13(3-6-16)23(24,25)26/h2-7,15,17H,8-10,12H2,1H3/t15-,17+/m0/s1. The average Bonchev–Trinajstić information content (AvgIpc) is 2.81. The van der Waals surface area contributed by atoms with Crippen LogP contribution in [0.15, 0.2) is 41.2 Å². The van der Waals surface area contributed by atoms with Crippen molar-refractivity contribution in [2.45, 2.75) is 31.2 Å². The van der Waals surface area contributed by atoms with Gasteiger partial charge in [0.2, 0.25) is 5.75 Å². The van der Waals surface area contributed by atoms with Crippen LogP contribution < -0.4 is 19.9 Å². The molecule has 2 aromatic heterocycles. The summed E-state index contributed by atoms with van der Waals surface area (Å²) in [5.74, 6) is 0.587. The van der Waals surface area contributed by atoms with Crippen LogP contribution in [0.25, 0.3) is 11.0 Å². The second-order valence-electron chi connectivity index (χ2n) is 8.16. The maximum atomic E-state index is 12.9. The number of aryl methyl sites for hydroxylation is 1. The molecule has 0 unspecified atom stereocenters. The summed E-state index contributed by atoms with van der Waals surface area (Å²) in [7, 11) is 1.64.